The monoisotopic (exact) mass is 456 g/mol. The summed E-state index contributed by atoms with van der Waals surface area (Å²) in [6, 6.07) is 5.16. The van der Waals surface area contributed by atoms with Gasteiger partial charge < -0.3 is 5.32 Å². The summed E-state index contributed by atoms with van der Waals surface area (Å²) in [6.07, 6.45) is 1.53. The fourth-order valence-electron chi connectivity index (χ4n) is 2.82. The number of amides is 1. The maximum Gasteiger partial charge on any atom is 0.312 e. The van der Waals surface area contributed by atoms with Crippen LogP contribution < -0.4 is 5.32 Å². The van der Waals surface area contributed by atoms with Crippen molar-refractivity contribution in [2.45, 2.75) is 26.9 Å². The SMILES string of the molecule is Cc1nn(CC(=O)Nc2nn(Cc3c(Cl)cccc3Cl)cc2Cl)c(C)c1[N+](=O)[O-]. The van der Waals surface area contributed by atoms with E-state index in [2.05, 4.69) is 15.5 Å². The number of carbonyl (C=O) groups excluding carboxylic acids is 1. The van der Waals surface area contributed by atoms with Crippen LogP contribution in [0.4, 0.5) is 11.5 Å². The molecule has 0 saturated carbocycles. The first-order chi connectivity index (χ1) is 13.7. The summed E-state index contributed by atoms with van der Waals surface area (Å²) in [5.74, 6) is -0.329. The van der Waals surface area contributed by atoms with Crippen molar-refractivity contribution in [3.05, 3.63) is 66.5 Å². The van der Waals surface area contributed by atoms with E-state index in [9.17, 15) is 14.9 Å². The first-order valence-corrected chi connectivity index (χ1v) is 9.44. The molecular weight excluding hydrogens is 443 g/mol. The van der Waals surface area contributed by atoms with Gasteiger partial charge in [0.15, 0.2) is 5.82 Å². The minimum Gasteiger partial charge on any atom is -0.306 e. The van der Waals surface area contributed by atoms with E-state index < -0.39 is 10.8 Å². The summed E-state index contributed by atoms with van der Waals surface area (Å²) in [6.45, 7) is 3.08. The van der Waals surface area contributed by atoms with Crippen LogP contribution in [0.2, 0.25) is 15.1 Å². The molecular formula is C17H15Cl3N6O3. The second-order valence-electron chi connectivity index (χ2n) is 6.21. The molecule has 0 unspecified atom stereocenters. The molecule has 1 aromatic carbocycles. The van der Waals surface area contributed by atoms with Gasteiger partial charge in [-0.15, -0.1) is 0 Å². The van der Waals surface area contributed by atoms with Crippen molar-refractivity contribution < 1.29 is 9.72 Å². The minimum absolute atomic E-state index is 0.114. The third-order valence-electron chi connectivity index (χ3n) is 4.18. The Kier molecular flexibility index (Phi) is 6.11. The van der Waals surface area contributed by atoms with Crippen LogP contribution in [0.1, 0.15) is 17.0 Å². The lowest BCUT2D eigenvalue weighted by molar-refractivity contribution is -0.386. The van der Waals surface area contributed by atoms with Crippen LogP contribution >= 0.6 is 34.8 Å². The Labute approximate surface area is 180 Å². The second-order valence-corrected chi connectivity index (χ2v) is 7.43. The second kappa shape index (κ2) is 8.40. The van der Waals surface area contributed by atoms with Crippen LogP contribution in [0.5, 0.6) is 0 Å². The normalized spacial score (nSPS) is 10.9. The van der Waals surface area contributed by atoms with Gasteiger partial charge in [0.1, 0.15) is 23.0 Å². The van der Waals surface area contributed by atoms with E-state index in [1.807, 2.05) is 0 Å². The number of rotatable bonds is 6. The van der Waals surface area contributed by atoms with Gasteiger partial charge in [-0.05, 0) is 26.0 Å². The summed E-state index contributed by atoms with van der Waals surface area (Å²) >= 11 is 18.5. The van der Waals surface area contributed by atoms with Crippen LogP contribution in [0.25, 0.3) is 0 Å². The molecule has 0 spiro atoms. The van der Waals surface area contributed by atoms with E-state index in [-0.39, 0.29) is 41.0 Å². The van der Waals surface area contributed by atoms with Crippen molar-refractivity contribution in [3.63, 3.8) is 0 Å². The molecule has 9 nitrogen and oxygen atoms in total. The molecule has 152 valence electrons. The highest BCUT2D eigenvalue weighted by Gasteiger charge is 2.23. The Hall–Kier alpha value is -2.62. The molecule has 0 aliphatic carbocycles. The van der Waals surface area contributed by atoms with Crippen LogP contribution in [0, 0.1) is 24.0 Å². The van der Waals surface area contributed by atoms with Gasteiger partial charge >= 0.3 is 5.69 Å². The number of halogens is 3. The summed E-state index contributed by atoms with van der Waals surface area (Å²) in [4.78, 5) is 22.9. The molecule has 0 radical (unpaired) electrons. The lowest BCUT2D eigenvalue weighted by Gasteiger charge is -2.07. The van der Waals surface area contributed by atoms with Crippen molar-refractivity contribution in [3.8, 4) is 0 Å². The van der Waals surface area contributed by atoms with Crippen LogP contribution in [-0.2, 0) is 17.9 Å². The van der Waals surface area contributed by atoms with E-state index in [4.69, 9.17) is 34.8 Å². The highest BCUT2D eigenvalue weighted by molar-refractivity contribution is 6.36. The van der Waals surface area contributed by atoms with E-state index in [1.54, 1.807) is 18.2 Å². The van der Waals surface area contributed by atoms with Crippen molar-refractivity contribution >= 4 is 52.2 Å². The number of hydrogen-bond donors (Lipinski definition) is 1. The average Bonchev–Trinajstić information content (AvgIpc) is 3.10. The number of aromatic nitrogens is 4. The van der Waals surface area contributed by atoms with Gasteiger partial charge in [-0.25, -0.2) is 0 Å². The zero-order valence-corrected chi connectivity index (χ0v) is 17.6. The van der Waals surface area contributed by atoms with E-state index >= 15 is 0 Å². The highest BCUT2D eigenvalue weighted by atomic mass is 35.5. The molecule has 2 heterocycles. The molecule has 12 heteroatoms. The number of nitro groups is 1. The number of aryl methyl sites for hydroxylation is 1. The predicted molar refractivity (Wildman–Crippen MR) is 110 cm³/mol. The number of benzene rings is 1. The lowest BCUT2D eigenvalue weighted by Crippen LogP contribution is -2.21. The molecule has 0 aliphatic rings. The maximum absolute atomic E-state index is 12.4. The molecule has 3 rings (SSSR count). The zero-order valence-electron chi connectivity index (χ0n) is 15.3. The van der Waals surface area contributed by atoms with Crippen LogP contribution in [-0.4, -0.2) is 30.4 Å². The summed E-state index contributed by atoms with van der Waals surface area (Å²) in [5.41, 5.74) is 1.08. The predicted octanol–water partition coefficient (Wildman–Crippen LogP) is 4.25. The Morgan fingerprint density at radius 3 is 2.41 bits per heavy atom. The van der Waals surface area contributed by atoms with Crippen LogP contribution in [0.3, 0.4) is 0 Å². The fourth-order valence-corrected chi connectivity index (χ4v) is 3.54. The molecule has 29 heavy (non-hydrogen) atoms. The van der Waals surface area contributed by atoms with E-state index in [1.165, 1.54) is 29.4 Å². The molecule has 0 fully saturated rings. The number of hydrogen-bond acceptors (Lipinski definition) is 5. The first kappa shape index (κ1) is 21.1. The quantitative estimate of drug-likeness (QED) is 0.440. The minimum atomic E-state index is -0.523. The molecule has 1 N–H and O–H groups in total. The summed E-state index contributed by atoms with van der Waals surface area (Å²) in [7, 11) is 0. The Morgan fingerprint density at radius 1 is 1.17 bits per heavy atom. The van der Waals surface area contributed by atoms with E-state index in [0.717, 1.165) is 0 Å². The van der Waals surface area contributed by atoms with Crippen LogP contribution in [0.15, 0.2) is 24.4 Å². The van der Waals surface area contributed by atoms with E-state index in [0.29, 0.717) is 15.6 Å². The van der Waals surface area contributed by atoms with Gasteiger partial charge in [-0.1, -0.05) is 40.9 Å². The first-order valence-electron chi connectivity index (χ1n) is 8.31. The van der Waals surface area contributed by atoms with Crippen molar-refractivity contribution in [2.75, 3.05) is 5.32 Å². The maximum atomic E-state index is 12.4. The highest BCUT2D eigenvalue weighted by Crippen LogP contribution is 2.27. The molecule has 0 saturated heterocycles. The molecule has 0 aliphatic heterocycles. The third kappa shape index (κ3) is 4.52. The number of nitrogens with zero attached hydrogens (tertiary/aromatic N) is 5. The molecule has 0 bridgehead atoms. The third-order valence-corrected chi connectivity index (χ3v) is 5.16. The van der Waals surface area contributed by atoms with Gasteiger partial charge in [-0.2, -0.15) is 10.2 Å². The van der Waals surface area contributed by atoms with Gasteiger partial charge in [0.2, 0.25) is 5.91 Å². The van der Waals surface area contributed by atoms with Crippen molar-refractivity contribution in [1.82, 2.24) is 19.6 Å². The Morgan fingerprint density at radius 2 is 1.83 bits per heavy atom. The molecule has 3 aromatic rings. The summed E-state index contributed by atoms with van der Waals surface area (Å²) in [5, 5.41) is 23.1. The number of anilines is 1. The Balaban J connectivity index is 1.74. The largest absolute Gasteiger partial charge is 0.312 e. The molecule has 0 atom stereocenters. The standard InChI is InChI=1S/C17H15Cl3N6O3/c1-9-16(26(28)29)10(2)25(22-9)8-15(27)21-17-14(20)7-24(23-17)6-11-12(18)4-3-5-13(11)19/h3-5,7H,6,8H2,1-2H3,(H,21,23,27). The van der Waals surface area contributed by atoms with Crippen molar-refractivity contribution in [1.29, 1.82) is 0 Å². The van der Waals surface area contributed by atoms with Crippen molar-refractivity contribution in [2.24, 2.45) is 0 Å². The topological polar surface area (TPSA) is 108 Å². The smallest absolute Gasteiger partial charge is 0.306 e. The summed E-state index contributed by atoms with van der Waals surface area (Å²) < 4.78 is 2.76. The van der Waals surface area contributed by atoms with Gasteiger partial charge in [-0.3, -0.25) is 24.3 Å². The van der Waals surface area contributed by atoms with Gasteiger partial charge in [0.25, 0.3) is 0 Å². The zero-order chi connectivity index (χ0) is 21.3. The molecule has 2 aromatic heterocycles. The molecule has 1 amide bonds. The lowest BCUT2D eigenvalue weighted by atomic mass is 10.2. The fraction of sp³-hybridized carbons (Fsp3) is 0.235. The number of carbonyl (C=O) groups is 1. The van der Waals surface area contributed by atoms with Gasteiger partial charge in [0.05, 0.1) is 11.5 Å². The number of nitrogens with one attached hydrogen (secondary N) is 1. The average molecular weight is 458 g/mol. The Bertz CT molecular complexity index is 1090. The van der Waals surface area contributed by atoms with Gasteiger partial charge in [0, 0.05) is 21.8 Å².